The maximum Gasteiger partial charge on any atom is 0.225 e. The molecule has 0 radical (unpaired) electrons. The number of rotatable bonds is 8. The van der Waals surface area contributed by atoms with Crippen LogP contribution in [0.25, 0.3) is 10.9 Å². The van der Waals surface area contributed by atoms with Crippen LogP contribution in [0.3, 0.4) is 0 Å². The SMILES string of the molecule is COCCS(=O)(=O)N1[C@@H]2CC[C@@H]1CC(Nc1nc(Nc3cc(C)[nH]n3)c3ccccc3n1)C2. The zero-order valence-electron chi connectivity index (χ0n) is 18.8. The van der Waals surface area contributed by atoms with E-state index >= 15 is 0 Å². The molecule has 11 heteroatoms. The number of aryl methyl sites for hydroxylation is 1. The highest BCUT2D eigenvalue weighted by molar-refractivity contribution is 7.89. The Balaban J connectivity index is 1.36. The molecule has 3 aromatic rings. The summed E-state index contributed by atoms with van der Waals surface area (Å²) in [5, 5.41) is 14.9. The number of ether oxygens (including phenoxy) is 1. The van der Waals surface area contributed by atoms with E-state index in [1.54, 1.807) is 4.31 Å². The molecule has 0 amide bonds. The summed E-state index contributed by atoms with van der Waals surface area (Å²) in [5.74, 6) is 1.93. The molecule has 2 bridgehead atoms. The Hall–Kier alpha value is -2.76. The molecule has 0 unspecified atom stereocenters. The van der Waals surface area contributed by atoms with E-state index < -0.39 is 10.0 Å². The van der Waals surface area contributed by atoms with Gasteiger partial charge in [0.2, 0.25) is 16.0 Å². The minimum atomic E-state index is -3.32. The van der Waals surface area contributed by atoms with Gasteiger partial charge in [-0.2, -0.15) is 14.4 Å². The monoisotopic (exact) mass is 471 g/mol. The van der Waals surface area contributed by atoms with Crippen LogP contribution in [-0.2, 0) is 14.8 Å². The van der Waals surface area contributed by atoms with E-state index in [2.05, 4.69) is 20.8 Å². The smallest absolute Gasteiger partial charge is 0.225 e. The van der Waals surface area contributed by atoms with Crippen molar-refractivity contribution in [3.8, 4) is 0 Å². The molecule has 33 heavy (non-hydrogen) atoms. The lowest BCUT2D eigenvalue weighted by atomic mass is 10.00. The van der Waals surface area contributed by atoms with Gasteiger partial charge in [0, 0.05) is 42.4 Å². The molecule has 2 fully saturated rings. The van der Waals surface area contributed by atoms with Crippen LogP contribution < -0.4 is 10.6 Å². The fraction of sp³-hybridized carbons (Fsp3) is 0.500. The predicted octanol–water partition coefficient (Wildman–Crippen LogP) is 2.79. The Kier molecular flexibility index (Phi) is 5.94. The van der Waals surface area contributed by atoms with E-state index in [9.17, 15) is 8.42 Å². The molecule has 5 rings (SSSR count). The molecule has 4 heterocycles. The Morgan fingerprint density at radius 3 is 2.64 bits per heavy atom. The first-order chi connectivity index (χ1) is 15.9. The summed E-state index contributed by atoms with van der Waals surface area (Å²) in [7, 11) is -1.79. The zero-order chi connectivity index (χ0) is 23.0. The molecule has 10 nitrogen and oxygen atoms in total. The van der Waals surface area contributed by atoms with Crippen molar-refractivity contribution in [1.29, 1.82) is 0 Å². The molecule has 2 aromatic heterocycles. The van der Waals surface area contributed by atoms with E-state index in [1.807, 2.05) is 37.3 Å². The standard InChI is InChI=1S/C22H29N7O3S/c1-14-11-20(28-27-14)25-21-18-5-3-4-6-19(18)24-22(26-21)23-15-12-16-7-8-17(13-15)29(16)33(30,31)10-9-32-2/h3-6,11,15-17H,7-10,12-13H2,1-2H3,(H3,23,24,25,26,27,28)/t16-,17-/m1/s1. The second-order valence-corrected chi connectivity index (χ2v) is 10.8. The normalized spacial score (nSPS) is 23.2. The molecule has 0 spiro atoms. The Labute approximate surface area is 193 Å². The van der Waals surface area contributed by atoms with Crippen molar-refractivity contribution in [3.05, 3.63) is 36.0 Å². The van der Waals surface area contributed by atoms with Gasteiger partial charge in [-0.1, -0.05) is 12.1 Å². The third-order valence-corrected chi connectivity index (χ3v) is 8.34. The van der Waals surface area contributed by atoms with Gasteiger partial charge in [-0.25, -0.2) is 13.4 Å². The van der Waals surface area contributed by atoms with Crippen molar-refractivity contribution in [2.75, 3.05) is 30.1 Å². The maximum atomic E-state index is 12.8. The molecule has 0 saturated carbocycles. The number of H-pyrrole nitrogens is 1. The number of nitrogens with one attached hydrogen (secondary N) is 3. The summed E-state index contributed by atoms with van der Waals surface area (Å²) in [6.07, 6.45) is 3.25. The minimum absolute atomic E-state index is 0.00758. The number of aromatic amines is 1. The van der Waals surface area contributed by atoms with Crippen molar-refractivity contribution in [3.63, 3.8) is 0 Å². The quantitative estimate of drug-likeness (QED) is 0.458. The van der Waals surface area contributed by atoms with Crippen molar-refractivity contribution < 1.29 is 13.2 Å². The number of hydrogen-bond donors (Lipinski definition) is 3. The van der Waals surface area contributed by atoms with Crippen molar-refractivity contribution in [2.24, 2.45) is 0 Å². The van der Waals surface area contributed by atoms with Crippen molar-refractivity contribution >= 4 is 38.5 Å². The second kappa shape index (κ2) is 8.88. The van der Waals surface area contributed by atoms with Gasteiger partial charge in [0.25, 0.3) is 0 Å². The first-order valence-electron chi connectivity index (χ1n) is 11.3. The number of aromatic nitrogens is 4. The van der Waals surface area contributed by atoms with Crippen LogP contribution in [0.4, 0.5) is 17.6 Å². The van der Waals surface area contributed by atoms with Gasteiger partial charge in [0.15, 0.2) is 5.82 Å². The lowest BCUT2D eigenvalue weighted by Gasteiger charge is -2.38. The first kappa shape index (κ1) is 22.1. The summed E-state index contributed by atoms with van der Waals surface area (Å²) < 4.78 is 32.4. The number of sulfonamides is 1. The van der Waals surface area contributed by atoms with Crippen LogP contribution in [0.5, 0.6) is 0 Å². The summed E-state index contributed by atoms with van der Waals surface area (Å²) in [4.78, 5) is 9.46. The Morgan fingerprint density at radius 2 is 1.94 bits per heavy atom. The number of benzene rings is 1. The van der Waals surface area contributed by atoms with Crippen LogP contribution in [0.15, 0.2) is 30.3 Å². The Bertz CT molecular complexity index is 1230. The van der Waals surface area contributed by atoms with Crippen LogP contribution in [0.1, 0.15) is 31.4 Å². The fourth-order valence-electron chi connectivity index (χ4n) is 5.02. The van der Waals surface area contributed by atoms with Gasteiger partial charge in [-0.05, 0) is 44.7 Å². The van der Waals surface area contributed by atoms with Gasteiger partial charge >= 0.3 is 0 Å². The summed E-state index contributed by atoms with van der Waals surface area (Å²) >= 11 is 0. The lowest BCUT2D eigenvalue weighted by Crippen LogP contribution is -2.50. The lowest BCUT2D eigenvalue weighted by molar-refractivity contribution is 0.207. The summed E-state index contributed by atoms with van der Waals surface area (Å²) in [6, 6.07) is 9.88. The number of para-hydroxylation sites is 1. The van der Waals surface area contributed by atoms with Gasteiger partial charge < -0.3 is 15.4 Å². The van der Waals surface area contributed by atoms with E-state index in [4.69, 9.17) is 14.7 Å². The highest BCUT2D eigenvalue weighted by atomic mass is 32.2. The molecule has 2 aliphatic rings. The van der Waals surface area contributed by atoms with Gasteiger partial charge in [-0.3, -0.25) is 5.10 Å². The second-order valence-electron chi connectivity index (χ2n) is 8.81. The molecule has 2 aliphatic heterocycles. The predicted molar refractivity (Wildman–Crippen MR) is 127 cm³/mol. The highest BCUT2D eigenvalue weighted by Gasteiger charge is 2.46. The molecular formula is C22H29N7O3S. The van der Waals surface area contributed by atoms with Crippen LogP contribution in [0, 0.1) is 6.92 Å². The number of methoxy groups -OCH3 is 1. The van der Waals surface area contributed by atoms with Crippen molar-refractivity contribution in [1.82, 2.24) is 24.5 Å². The van der Waals surface area contributed by atoms with Crippen LogP contribution in [0.2, 0.25) is 0 Å². The third kappa shape index (κ3) is 4.53. The maximum absolute atomic E-state index is 12.8. The summed E-state index contributed by atoms with van der Waals surface area (Å²) in [5.41, 5.74) is 1.78. The molecule has 3 N–H and O–H groups in total. The first-order valence-corrected chi connectivity index (χ1v) is 12.9. The highest BCUT2D eigenvalue weighted by Crippen LogP contribution is 2.39. The fourth-order valence-corrected chi connectivity index (χ4v) is 6.90. The number of hydrogen-bond acceptors (Lipinski definition) is 8. The number of anilines is 3. The van der Waals surface area contributed by atoms with Crippen LogP contribution >= 0.6 is 0 Å². The molecule has 2 saturated heterocycles. The van der Waals surface area contributed by atoms with Gasteiger partial charge in [-0.15, -0.1) is 0 Å². The topological polar surface area (TPSA) is 125 Å². The zero-order valence-corrected chi connectivity index (χ0v) is 19.6. The van der Waals surface area contributed by atoms with E-state index in [0.29, 0.717) is 17.6 Å². The van der Waals surface area contributed by atoms with Gasteiger partial charge in [0.05, 0.1) is 17.9 Å². The molecular weight excluding hydrogens is 442 g/mol. The van der Waals surface area contributed by atoms with E-state index in [0.717, 1.165) is 42.3 Å². The van der Waals surface area contributed by atoms with E-state index in [-0.39, 0.29) is 30.5 Å². The average Bonchev–Trinajstić information content (AvgIpc) is 3.33. The van der Waals surface area contributed by atoms with Crippen LogP contribution in [-0.4, -0.2) is 70.5 Å². The van der Waals surface area contributed by atoms with Crippen molar-refractivity contribution in [2.45, 2.75) is 50.7 Å². The number of piperidine rings is 1. The Morgan fingerprint density at radius 1 is 1.18 bits per heavy atom. The molecule has 1 aromatic carbocycles. The third-order valence-electron chi connectivity index (χ3n) is 6.42. The summed E-state index contributed by atoms with van der Waals surface area (Å²) in [6.45, 7) is 2.16. The molecule has 0 aliphatic carbocycles. The number of nitrogens with zero attached hydrogens (tertiary/aromatic N) is 4. The number of fused-ring (bicyclic) bond motifs is 3. The molecule has 176 valence electrons. The average molecular weight is 472 g/mol. The van der Waals surface area contributed by atoms with E-state index in [1.165, 1.54) is 7.11 Å². The largest absolute Gasteiger partial charge is 0.384 e. The van der Waals surface area contributed by atoms with Gasteiger partial charge in [0.1, 0.15) is 5.82 Å². The minimum Gasteiger partial charge on any atom is -0.384 e. The molecule has 2 atom stereocenters.